The molecule has 0 aliphatic carbocycles. The Morgan fingerprint density at radius 1 is 1.29 bits per heavy atom. The molecule has 1 aliphatic rings. The summed E-state index contributed by atoms with van der Waals surface area (Å²) in [5.74, 6) is 0. The maximum atomic E-state index is 5.43. The molecule has 1 aromatic carbocycles. The Labute approximate surface area is 126 Å². The van der Waals surface area contributed by atoms with Gasteiger partial charge in [-0.05, 0) is 43.1 Å². The van der Waals surface area contributed by atoms with Crippen LogP contribution in [0.4, 0.5) is 0 Å². The van der Waals surface area contributed by atoms with Crippen LogP contribution in [0.3, 0.4) is 0 Å². The lowest BCUT2D eigenvalue weighted by Gasteiger charge is -2.34. The third kappa shape index (κ3) is 3.64. The van der Waals surface area contributed by atoms with Gasteiger partial charge in [-0.1, -0.05) is 6.07 Å². The smallest absolute Gasteiger partial charge is 0.0594 e. The molecule has 1 N–H and O–H groups in total. The van der Waals surface area contributed by atoms with E-state index in [0.717, 1.165) is 39.4 Å². The minimum absolute atomic E-state index is 0.579. The van der Waals surface area contributed by atoms with Crippen molar-refractivity contribution in [3.05, 3.63) is 36.0 Å². The van der Waals surface area contributed by atoms with Gasteiger partial charge in [-0.2, -0.15) is 0 Å². The standard InChI is InChI=1S/C17H25N3O/c1-14(20-7-9-21-10-8-20)12-19(2)13-15-3-4-17-16(11-15)5-6-18-17/h3-6,11,14,18H,7-10,12-13H2,1-2H3/t14-/m1/s1. The molecule has 1 saturated heterocycles. The van der Waals surface area contributed by atoms with E-state index < -0.39 is 0 Å². The molecule has 0 radical (unpaired) electrons. The van der Waals surface area contributed by atoms with Crippen molar-refractivity contribution in [3.8, 4) is 0 Å². The number of fused-ring (bicyclic) bond motifs is 1. The molecule has 3 rings (SSSR count). The van der Waals surface area contributed by atoms with Crippen molar-refractivity contribution >= 4 is 10.9 Å². The van der Waals surface area contributed by atoms with E-state index in [2.05, 4.69) is 53.0 Å². The second-order valence-electron chi connectivity index (χ2n) is 6.09. The van der Waals surface area contributed by atoms with E-state index in [-0.39, 0.29) is 0 Å². The van der Waals surface area contributed by atoms with Crippen molar-refractivity contribution in [2.75, 3.05) is 39.9 Å². The van der Waals surface area contributed by atoms with Gasteiger partial charge in [-0.25, -0.2) is 0 Å². The number of aromatic amines is 1. The summed E-state index contributed by atoms with van der Waals surface area (Å²) in [5, 5.41) is 1.29. The third-order valence-electron chi connectivity index (χ3n) is 4.32. The highest BCUT2D eigenvalue weighted by atomic mass is 16.5. The summed E-state index contributed by atoms with van der Waals surface area (Å²) in [6, 6.07) is 9.38. The van der Waals surface area contributed by atoms with E-state index in [4.69, 9.17) is 4.74 Å². The van der Waals surface area contributed by atoms with Gasteiger partial charge in [-0.3, -0.25) is 4.90 Å². The lowest BCUT2D eigenvalue weighted by Crippen LogP contribution is -2.46. The first-order valence-electron chi connectivity index (χ1n) is 7.79. The molecule has 1 atom stereocenters. The summed E-state index contributed by atoms with van der Waals surface area (Å²) in [5.41, 5.74) is 2.59. The molecular formula is C17H25N3O. The Bertz CT molecular complexity index is 574. The number of H-pyrrole nitrogens is 1. The fourth-order valence-corrected chi connectivity index (χ4v) is 3.16. The van der Waals surface area contributed by atoms with Crippen LogP contribution in [0, 0.1) is 0 Å². The molecule has 1 aromatic heterocycles. The first-order chi connectivity index (χ1) is 10.2. The topological polar surface area (TPSA) is 31.5 Å². The second kappa shape index (κ2) is 6.60. The summed E-state index contributed by atoms with van der Waals surface area (Å²) >= 11 is 0. The third-order valence-corrected chi connectivity index (χ3v) is 4.32. The predicted octanol–water partition coefficient (Wildman–Crippen LogP) is 2.32. The largest absolute Gasteiger partial charge is 0.379 e. The molecule has 1 fully saturated rings. The SMILES string of the molecule is C[C@H](CN(C)Cc1ccc2[nH]ccc2c1)N1CCOCC1. The van der Waals surface area contributed by atoms with Crippen molar-refractivity contribution in [1.29, 1.82) is 0 Å². The Morgan fingerprint density at radius 2 is 2.10 bits per heavy atom. The second-order valence-corrected chi connectivity index (χ2v) is 6.09. The highest BCUT2D eigenvalue weighted by molar-refractivity contribution is 5.79. The molecule has 4 nitrogen and oxygen atoms in total. The number of aromatic nitrogens is 1. The molecule has 0 unspecified atom stereocenters. The molecular weight excluding hydrogens is 262 g/mol. The lowest BCUT2D eigenvalue weighted by molar-refractivity contribution is 0.0137. The van der Waals surface area contributed by atoms with Crippen LogP contribution >= 0.6 is 0 Å². The van der Waals surface area contributed by atoms with Gasteiger partial charge in [0.25, 0.3) is 0 Å². The molecule has 21 heavy (non-hydrogen) atoms. The van der Waals surface area contributed by atoms with Gasteiger partial charge in [-0.15, -0.1) is 0 Å². The summed E-state index contributed by atoms with van der Waals surface area (Å²) in [4.78, 5) is 8.18. The van der Waals surface area contributed by atoms with Gasteiger partial charge >= 0.3 is 0 Å². The quantitative estimate of drug-likeness (QED) is 0.916. The number of likely N-dealkylation sites (N-methyl/N-ethyl adjacent to an activating group) is 1. The summed E-state index contributed by atoms with van der Waals surface area (Å²) < 4.78 is 5.43. The Balaban J connectivity index is 1.56. The van der Waals surface area contributed by atoms with Crippen LogP contribution in [-0.2, 0) is 11.3 Å². The van der Waals surface area contributed by atoms with Crippen LogP contribution in [0.2, 0.25) is 0 Å². The molecule has 2 heterocycles. The van der Waals surface area contributed by atoms with E-state index in [1.165, 1.54) is 16.5 Å². The minimum Gasteiger partial charge on any atom is -0.379 e. The van der Waals surface area contributed by atoms with Crippen LogP contribution in [0.15, 0.2) is 30.5 Å². The first-order valence-corrected chi connectivity index (χ1v) is 7.79. The van der Waals surface area contributed by atoms with E-state index >= 15 is 0 Å². The van der Waals surface area contributed by atoms with E-state index in [1.807, 2.05) is 6.20 Å². The number of nitrogens with zero attached hydrogens (tertiary/aromatic N) is 2. The lowest BCUT2D eigenvalue weighted by atomic mass is 10.1. The van der Waals surface area contributed by atoms with Gasteiger partial charge in [0.05, 0.1) is 13.2 Å². The van der Waals surface area contributed by atoms with Gasteiger partial charge in [0.1, 0.15) is 0 Å². The van der Waals surface area contributed by atoms with Gasteiger partial charge in [0.2, 0.25) is 0 Å². The molecule has 114 valence electrons. The van der Waals surface area contributed by atoms with Crippen LogP contribution in [0.5, 0.6) is 0 Å². The number of hydrogen-bond donors (Lipinski definition) is 1. The van der Waals surface area contributed by atoms with Gasteiger partial charge < -0.3 is 14.6 Å². The average Bonchev–Trinajstić information content (AvgIpc) is 2.95. The monoisotopic (exact) mass is 287 g/mol. The zero-order chi connectivity index (χ0) is 14.7. The Hall–Kier alpha value is -1.36. The van der Waals surface area contributed by atoms with Crippen molar-refractivity contribution in [2.45, 2.75) is 19.5 Å². The fourth-order valence-electron chi connectivity index (χ4n) is 3.16. The zero-order valence-corrected chi connectivity index (χ0v) is 13.0. The van der Waals surface area contributed by atoms with Crippen molar-refractivity contribution in [2.24, 2.45) is 0 Å². The number of ether oxygens (including phenoxy) is 1. The highest BCUT2D eigenvalue weighted by Crippen LogP contribution is 2.16. The van der Waals surface area contributed by atoms with Crippen LogP contribution in [0.1, 0.15) is 12.5 Å². The molecule has 1 aliphatic heterocycles. The fraction of sp³-hybridized carbons (Fsp3) is 0.529. The number of nitrogens with one attached hydrogen (secondary N) is 1. The number of rotatable bonds is 5. The molecule has 0 amide bonds. The highest BCUT2D eigenvalue weighted by Gasteiger charge is 2.18. The summed E-state index contributed by atoms with van der Waals surface area (Å²) in [7, 11) is 2.21. The van der Waals surface area contributed by atoms with Crippen LogP contribution in [0.25, 0.3) is 10.9 Å². The Morgan fingerprint density at radius 3 is 2.90 bits per heavy atom. The van der Waals surface area contributed by atoms with Crippen LogP contribution < -0.4 is 0 Å². The van der Waals surface area contributed by atoms with E-state index in [9.17, 15) is 0 Å². The molecule has 0 bridgehead atoms. The Kier molecular flexibility index (Phi) is 4.58. The summed E-state index contributed by atoms with van der Waals surface area (Å²) in [6.45, 7) is 8.27. The zero-order valence-electron chi connectivity index (χ0n) is 13.0. The summed E-state index contributed by atoms with van der Waals surface area (Å²) in [6.07, 6.45) is 2.00. The number of benzene rings is 1. The van der Waals surface area contributed by atoms with Crippen molar-refractivity contribution in [3.63, 3.8) is 0 Å². The maximum absolute atomic E-state index is 5.43. The van der Waals surface area contributed by atoms with E-state index in [1.54, 1.807) is 0 Å². The molecule has 2 aromatic rings. The van der Waals surface area contributed by atoms with Gasteiger partial charge in [0, 0.05) is 43.9 Å². The molecule has 0 saturated carbocycles. The maximum Gasteiger partial charge on any atom is 0.0594 e. The molecule has 4 heteroatoms. The average molecular weight is 287 g/mol. The first kappa shape index (κ1) is 14.6. The predicted molar refractivity (Wildman–Crippen MR) is 86.5 cm³/mol. The minimum atomic E-state index is 0.579. The van der Waals surface area contributed by atoms with Crippen LogP contribution in [-0.4, -0.2) is 60.7 Å². The van der Waals surface area contributed by atoms with E-state index in [0.29, 0.717) is 6.04 Å². The number of morpholine rings is 1. The van der Waals surface area contributed by atoms with Crippen molar-refractivity contribution < 1.29 is 4.74 Å². The van der Waals surface area contributed by atoms with Crippen molar-refractivity contribution in [1.82, 2.24) is 14.8 Å². The molecule has 0 spiro atoms. The van der Waals surface area contributed by atoms with Gasteiger partial charge in [0.15, 0.2) is 0 Å². The normalized spacial score (nSPS) is 18.4. The number of hydrogen-bond acceptors (Lipinski definition) is 3.